The van der Waals surface area contributed by atoms with E-state index < -0.39 is 0 Å². The van der Waals surface area contributed by atoms with E-state index in [1.807, 2.05) is 12.1 Å². The molecule has 0 N–H and O–H groups in total. The molecule has 0 saturated heterocycles. The predicted octanol–water partition coefficient (Wildman–Crippen LogP) is 6.93. The molecule has 1 aliphatic heterocycles. The van der Waals surface area contributed by atoms with Crippen molar-refractivity contribution in [3.63, 3.8) is 0 Å². The Balaban J connectivity index is 1.42. The summed E-state index contributed by atoms with van der Waals surface area (Å²) in [6.07, 6.45) is 6.96. The van der Waals surface area contributed by atoms with Gasteiger partial charge in [0.15, 0.2) is 11.7 Å². The van der Waals surface area contributed by atoms with Gasteiger partial charge in [-0.2, -0.15) is 0 Å². The summed E-state index contributed by atoms with van der Waals surface area (Å²) >= 11 is 0. The zero-order chi connectivity index (χ0) is 23.3. The Morgan fingerprint density at radius 2 is 1.47 bits per heavy atom. The third-order valence-corrected chi connectivity index (χ3v) is 6.44. The van der Waals surface area contributed by atoms with Crippen LogP contribution >= 0.6 is 0 Å². The molecule has 2 heterocycles. The molecule has 0 saturated carbocycles. The van der Waals surface area contributed by atoms with Gasteiger partial charge >= 0.3 is 0 Å². The first kappa shape index (κ1) is 22.0. The minimum atomic E-state index is 0.753. The van der Waals surface area contributed by atoms with Crippen LogP contribution in [0.4, 0.5) is 5.69 Å². The lowest BCUT2D eigenvalue weighted by atomic mass is 9.93. The second-order valence-corrected chi connectivity index (χ2v) is 8.62. The average Bonchev–Trinajstić information content (AvgIpc) is 3.55. The third-order valence-electron chi connectivity index (χ3n) is 6.44. The Kier molecular flexibility index (Phi) is 6.48. The lowest BCUT2D eigenvalue weighted by Gasteiger charge is -2.20. The Hall–Kier alpha value is -3.79. The highest BCUT2D eigenvalue weighted by Gasteiger charge is 2.22. The molecule has 34 heavy (non-hydrogen) atoms. The van der Waals surface area contributed by atoms with Crippen molar-refractivity contribution in [2.45, 2.75) is 33.1 Å². The van der Waals surface area contributed by atoms with Gasteiger partial charge < -0.3 is 14.2 Å². The van der Waals surface area contributed by atoms with Gasteiger partial charge in [-0.3, -0.25) is 0 Å². The number of benzene rings is 3. The van der Waals surface area contributed by atoms with Gasteiger partial charge in [0.1, 0.15) is 5.69 Å². The first-order valence-electron chi connectivity index (χ1n) is 12.2. The van der Waals surface area contributed by atoms with E-state index in [0.29, 0.717) is 0 Å². The lowest BCUT2D eigenvalue weighted by molar-refractivity contribution is 0.385. The summed E-state index contributed by atoms with van der Waals surface area (Å²) in [7, 11) is 0. The number of oxazole rings is 1. The predicted molar refractivity (Wildman–Crippen MR) is 139 cm³/mol. The topological polar surface area (TPSA) is 32.5 Å². The summed E-state index contributed by atoms with van der Waals surface area (Å²) in [4.78, 5) is 9.57. The van der Waals surface area contributed by atoms with Crippen LogP contribution in [-0.4, -0.2) is 23.1 Å². The first-order valence-corrected chi connectivity index (χ1v) is 12.2. The summed E-state index contributed by atoms with van der Waals surface area (Å²) in [5.74, 6) is 1.69. The average molecular weight is 450 g/mol. The fraction of sp³-hybridized carbons (Fsp3) is 0.233. The molecule has 0 spiro atoms. The standard InChI is InChI=1S/C30H31N3O/c1-3-23-14-11-15-24(4-2)28(23)30-29(25-12-7-5-8-13-25)31-27(34-30)18-19-32-20-21-33(22-32)26-16-9-6-10-17-26/h5-17,20-21H,3-4,18-19,22H2,1-2H3. The summed E-state index contributed by atoms with van der Waals surface area (Å²) in [6, 6.07) is 27.4. The van der Waals surface area contributed by atoms with Crippen molar-refractivity contribution in [1.82, 2.24) is 9.88 Å². The number of hydrogen-bond donors (Lipinski definition) is 0. The van der Waals surface area contributed by atoms with E-state index in [4.69, 9.17) is 9.40 Å². The lowest BCUT2D eigenvalue weighted by Crippen LogP contribution is -2.26. The molecule has 0 atom stereocenters. The van der Waals surface area contributed by atoms with Crippen molar-refractivity contribution in [2.24, 2.45) is 0 Å². The number of rotatable bonds is 8. The Labute approximate surface area is 202 Å². The number of nitrogens with zero attached hydrogens (tertiary/aromatic N) is 3. The van der Waals surface area contributed by atoms with Gasteiger partial charge in [-0.25, -0.2) is 4.98 Å². The minimum absolute atomic E-state index is 0.753. The SMILES string of the molecule is CCc1cccc(CC)c1-c1oc(CCN2C=CN(c3ccccc3)C2)nc1-c1ccccc1. The van der Waals surface area contributed by atoms with Crippen molar-refractivity contribution in [3.05, 3.63) is 108 Å². The number of anilines is 1. The largest absolute Gasteiger partial charge is 0.440 e. The van der Waals surface area contributed by atoms with E-state index in [1.54, 1.807) is 0 Å². The molecule has 172 valence electrons. The van der Waals surface area contributed by atoms with E-state index in [-0.39, 0.29) is 0 Å². The van der Waals surface area contributed by atoms with Crippen molar-refractivity contribution < 1.29 is 4.42 Å². The van der Waals surface area contributed by atoms with Gasteiger partial charge in [0.05, 0.1) is 6.67 Å². The molecule has 0 amide bonds. The number of hydrogen-bond acceptors (Lipinski definition) is 4. The fourth-order valence-corrected chi connectivity index (χ4v) is 4.60. The second kappa shape index (κ2) is 10.0. The summed E-state index contributed by atoms with van der Waals surface area (Å²) < 4.78 is 6.54. The number of aromatic nitrogens is 1. The zero-order valence-electron chi connectivity index (χ0n) is 19.9. The molecule has 0 bridgehead atoms. The maximum Gasteiger partial charge on any atom is 0.197 e. The van der Waals surface area contributed by atoms with Crippen LogP contribution in [0.15, 0.2) is 95.7 Å². The van der Waals surface area contributed by atoms with Crippen LogP contribution in [0.2, 0.25) is 0 Å². The highest BCUT2D eigenvalue weighted by Crippen LogP contribution is 2.37. The van der Waals surface area contributed by atoms with E-state index in [9.17, 15) is 0 Å². The van der Waals surface area contributed by atoms with Crippen LogP contribution in [0.3, 0.4) is 0 Å². The molecule has 0 radical (unpaired) electrons. The molecule has 4 nitrogen and oxygen atoms in total. The number of aryl methyl sites for hydroxylation is 2. The molecule has 1 aromatic heterocycles. The fourth-order valence-electron chi connectivity index (χ4n) is 4.60. The van der Waals surface area contributed by atoms with Crippen LogP contribution in [0, 0.1) is 0 Å². The van der Waals surface area contributed by atoms with Crippen molar-refractivity contribution in [2.75, 3.05) is 18.1 Å². The normalized spacial score (nSPS) is 13.1. The van der Waals surface area contributed by atoms with Gasteiger partial charge in [-0.05, 0) is 36.1 Å². The van der Waals surface area contributed by atoms with Gasteiger partial charge in [-0.1, -0.05) is 80.6 Å². The smallest absolute Gasteiger partial charge is 0.197 e. The molecule has 4 heteroatoms. The van der Waals surface area contributed by atoms with Crippen LogP contribution in [0.5, 0.6) is 0 Å². The third kappa shape index (κ3) is 4.49. The molecule has 0 aliphatic carbocycles. The molecule has 4 aromatic rings. The monoisotopic (exact) mass is 449 g/mol. The van der Waals surface area contributed by atoms with Crippen LogP contribution in [0.1, 0.15) is 30.9 Å². The molecule has 5 rings (SSSR count). The summed E-state index contributed by atoms with van der Waals surface area (Å²) in [5, 5.41) is 0. The summed E-state index contributed by atoms with van der Waals surface area (Å²) in [6.45, 7) is 6.09. The van der Waals surface area contributed by atoms with Crippen molar-refractivity contribution >= 4 is 5.69 Å². The highest BCUT2D eigenvalue weighted by molar-refractivity contribution is 5.80. The Morgan fingerprint density at radius 1 is 0.794 bits per heavy atom. The zero-order valence-corrected chi connectivity index (χ0v) is 19.9. The molecule has 0 fully saturated rings. The van der Waals surface area contributed by atoms with E-state index in [2.05, 4.69) is 103 Å². The van der Waals surface area contributed by atoms with E-state index >= 15 is 0 Å². The van der Waals surface area contributed by atoms with Crippen molar-refractivity contribution in [3.8, 4) is 22.6 Å². The van der Waals surface area contributed by atoms with Crippen LogP contribution in [0.25, 0.3) is 22.6 Å². The molecule has 3 aromatic carbocycles. The number of para-hydroxylation sites is 1. The molecular formula is C30H31N3O. The Bertz CT molecular complexity index is 1240. The molecular weight excluding hydrogens is 418 g/mol. The summed E-state index contributed by atoms with van der Waals surface area (Å²) in [5.41, 5.74) is 7.06. The van der Waals surface area contributed by atoms with Gasteiger partial charge in [0, 0.05) is 42.2 Å². The molecule has 0 unspecified atom stereocenters. The van der Waals surface area contributed by atoms with Gasteiger partial charge in [0.2, 0.25) is 0 Å². The van der Waals surface area contributed by atoms with E-state index in [0.717, 1.165) is 55.4 Å². The van der Waals surface area contributed by atoms with Crippen LogP contribution in [-0.2, 0) is 19.3 Å². The van der Waals surface area contributed by atoms with E-state index in [1.165, 1.54) is 22.4 Å². The quantitative estimate of drug-likeness (QED) is 0.292. The van der Waals surface area contributed by atoms with Crippen molar-refractivity contribution in [1.29, 1.82) is 0 Å². The maximum absolute atomic E-state index is 6.54. The second-order valence-electron chi connectivity index (χ2n) is 8.62. The van der Waals surface area contributed by atoms with Gasteiger partial charge in [-0.15, -0.1) is 0 Å². The maximum atomic E-state index is 6.54. The van der Waals surface area contributed by atoms with Crippen LogP contribution < -0.4 is 4.90 Å². The molecule has 1 aliphatic rings. The first-order chi connectivity index (χ1) is 16.8. The Morgan fingerprint density at radius 3 is 2.15 bits per heavy atom. The highest BCUT2D eigenvalue weighted by atomic mass is 16.4. The minimum Gasteiger partial charge on any atom is -0.440 e. The van der Waals surface area contributed by atoms with Gasteiger partial charge in [0.25, 0.3) is 0 Å².